The van der Waals surface area contributed by atoms with Crippen molar-refractivity contribution in [2.75, 3.05) is 31.1 Å². The van der Waals surface area contributed by atoms with Gasteiger partial charge in [0.05, 0.1) is 5.69 Å². The summed E-state index contributed by atoms with van der Waals surface area (Å²) in [4.78, 5) is 16.8. The van der Waals surface area contributed by atoms with Gasteiger partial charge in [0.25, 0.3) is 0 Å². The second-order valence-electron chi connectivity index (χ2n) is 8.49. The van der Waals surface area contributed by atoms with Crippen LogP contribution in [-0.4, -0.2) is 37.0 Å². The van der Waals surface area contributed by atoms with Crippen molar-refractivity contribution in [3.63, 3.8) is 0 Å². The monoisotopic (exact) mass is 431 g/mol. The first kappa shape index (κ1) is 22.6. The molecule has 0 radical (unpaired) electrons. The van der Waals surface area contributed by atoms with Crippen molar-refractivity contribution >= 4 is 23.2 Å². The summed E-state index contributed by atoms with van der Waals surface area (Å²) in [6.07, 6.45) is 0.678. The molecule has 4 nitrogen and oxygen atoms in total. The second-order valence-corrected chi connectivity index (χ2v) is 8.93. The number of rotatable bonds is 6. The third-order valence-corrected chi connectivity index (χ3v) is 6.13. The van der Waals surface area contributed by atoms with Crippen LogP contribution in [0.5, 0.6) is 0 Å². The number of carbonyl (C=O) groups is 1. The summed E-state index contributed by atoms with van der Waals surface area (Å²) in [5.41, 5.74) is 8.86. The zero-order valence-corrected chi connectivity index (χ0v) is 18.7. The van der Waals surface area contributed by atoms with Crippen molar-refractivity contribution in [3.8, 4) is 0 Å². The van der Waals surface area contributed by atoms with Gasteiger partial charge in [-0.05, 0) is 41.7 Å². The van der Waals surface area contributed by atoms with Gasteiger partial charge >= 0.3 is 0 Å². The first-order valence-electron chi connectivity index (χ1n) is 10.6. The highest BCUT2D eigenvalue weighted by atomic mass is 35.5. The van der Waals surface area contributed by atoms with E-state index < -0.39 is 0 Å². The lowest BCUT2D eigenvalue weighted by Gasteiger charge is -2.38. The Labute approximate surface area is 183 Å². The van der Waals surface area contributed by atoms with Crippen LogP contribution in [0.2, 0.25) is 5.02 Å². The standard InChI is InChI=1S/C24H31ClFN3O/c1-16(2)22(27)20-5-4-6-21(26)23(20)28-11-13-29(14-12-28)24(30)17(3)15-18-7-9-19(25)10-8-18/h4-10,16-17,22H,11-15,27H2,1-3H3/t17-,22+/m1/s1. The highest BCUT2D eigenvalue weighted by Crippen LogP contribution is 2.32. The van der Waals surface area contributed by atoms with Crippen LogP contribution in [0.15, 0.2) is 42.5 Å². The Hall–Kier alpha value is -2.11. The van der Waals surface area contributed by atoms with E-state index in [4.69, 9.17) is 17.3 Å². The number of hydrogen-bond donors (Lipinski definition) is 1. The van der Waals surface area contributed by atoms with Crippen molar-refractivity contribution < 1.29 is 9.18 Å². The molecule has 1 aliphatic heterocycles. The van der Waals surface area contributed by atoms with Gasteiger partial charge in [-0.2, -0.15) is 0 Å². The van der Waals surface area contributed by atoms with Crippen LogP contribution < -0.4 is 10.6 Å². The molecule has 0 saturated carbocycles. The van der Waals surface area contributed by atoms with Gasteiger partial charge in [0, 0.05) is 43.2 Å². The molecule has 1 saturated heterocycles. The molecule has 0 bridgehead atoms. The van der Waals surface area contributed by atoms with E-state index in [-0.39, 0.29) is 29.6 Å². The van der Waals surface area contributed by atoms with Crippen molar-refractivity contribution in [3.05, 3.63) is 64.4 Å². The SMILES string of the molecule is CC(C)[C@H](N)c1cccc(F)c1N1CCN(C(=O)[C@H](C)Cc2ccc(Cl)cc2)CC1. The summed E-state index contributed by atoms with van der Waals surface area (Å²) in [7, 11) is 0. The Morgan fingerprint density at radius 3 is 2.30 bits per heavy atom. The van der Waals surface area contributed by atoms with Crippen LogP contribution in [0.4, 0.5) is 10.1 Å². The third-order valence-electron chi connectivity index (χ3n) is 5.88. The Morgan fingerprint density at radius 1 is 1.07 bits per heavy atom. The molecule has 1 fully saturated rings. The minimum absolute atomic E-state index is 0.115. The van der Waals surface area contributed by atoms with Crippen LogP contribution in [0.1, 0.15) is 37.9 Å². The first-order valence-corrected chi connectivity index (χ1v) is 11.0. The molecule has 162 valence electrons. The normalized spacial score (nSPS) is 16.6. The molecule has 30 heavy (non-hydrogen) atoms. The molecule has 1 amide bonds. The lowest BCUT2D eigenvalue weighted by molar-refractivity contribution is -0.135. The summed E-state index contributed by atoms with van der Waals surface area (Å²) in [5, 5.41) is 0.693. The van der Waals surface area contributed by atoms with E-state index in [2.05, 4.69) is 0 Å². The van der Waals surface area contributed by atoms with Crippen LogP contribution in [0, 0.1) is 17.7 Å². The summed E-state index contributed by atoms with van der Waals surface area (Å²) < 4.78 is 14.7. The molecule has 0 unspecified atom stereocenters. The second kappa shape index (κ2) is 9.80. The maximum absolute atomic E-state index is 14.7. The summed E-state index contributed by atoms with van der Waals surface area (Å²) in [5.74, 6) is -0.0185. The van der Waals surface area contributed by atoms with Crippen LogP contribution >= 0.6 is 11.6 Å². The highest BCUT2D eigenvalue weighted by molar-refractivity contribution is 6.30. The summed E-state index contributed by atoms with van der Waals surface area (Å²) >= 11 is 5.94. The van der Waals surface area contributed by atoms with E-state index in [0.717, 1.165) is 11.1 Å². The van der Waals surface area contributed by atoms with Crippen molar-refractivity contribution in [1.29, 1.82) is 0 Å². The van der Waals surface area contributed by atoms with Gasteiger partial charge in [0.1, 0.15) is 5.82 Å². The van der Waals surface area contributed by atoms with Crippen LogP contribution in [0.25, 0.3) is 0 Å². The largest absolute Gasteiger partial charge is 0.365 e. The zero-order chi connectivity index (χ0) is 21.8. The number of benzene rings is 2. The molecule has 2 aromatic rings. The number of nitrogens with two attached hydrogens (primary N) is 1. The van der Waals surface area contributed by atoms with E-state index in [9.17, 15) is 9.18 Å². The smallest absolute Gasteiger partial charge is 0.225 e. The maximum Gasteiger partial charge on any atom is 0.225 e. The minimum Gasteiger partial charge on any atom is -0.365 e. The van der Waals surface area contributed by atoms with E-state index >= 15 is 0 Å². The molecule has 6 heteroatoms. The van der Waals surface area contributed by atoms with Gasteiger partial charge in [0.2, 0.25) is 5.91 Å². The van der Waals surface area contributed by atoms with Gasteiger partial charge in [-0.1, -0.05) is 56.6 Å². The topological polar surface area (TPSA) is 49.6 Å². The molecule has 2 N–H and O–H groups in total. The molecule has 2 aromatic carbocycles. The zero-order valence-electron chi connectivity index (χ0n) is 17.9. The Bertz CT molecular complexity index is 863. The van der Waals surface area contributed by atoms with Crippen LogP contribution in [-0.2, 0) is 11.2 Å². The number of para-hydroxylation sites is 1. The minimum atomic E-state index is -0.250. The molecular formula is C24H31ClFN3O. The number of anilines is 1. The van der Waals surface area contributed by atoms with Gasteiger partial charge in [0.15, 0.2) is 0 Å². The van der Waals surface area contributed by atoms with E-state index in [1.807, 2.05) is 60.9 Å². The van der Waals surface area contributed by atoms with Gasteiger partial charge in [-0.3, -0.25) is 4.79 Å². The van der Waals surface area contributed by atoms with Crippen molar-refractivity contribution in [1.82, 2.24) is 4.90 Å². The van der Waals surface area contributed by atoms with Gasteiger partial charge in [-0.25, -0.2) is 4.39 Å². The fourth-order valence-corrected chi connectivity index (χ4v) is 4.14. The van der Waals surface area contributed by atoms with Crippen molar-refractivity contribution in [2.45, 2.75) is 33.2 Å². The quantitative estimate of drug-likeness (QED) is 0.723. The summed E-state index contributed by atoms with van der Waals surface area (Å²) in [6.45, 7) is 8.38. The van der Waals surface area contributed by atoms with Gasteiger partial charge in [-0.15, -0.1) is 0 Å². The first-order chi connectivity index (χ1) is 14.3. The number of amides is 1. The fraction of sp³-hybridized carbons (Fsp3) is 0.458. The highest BCUT2D eigenvalue weighted by Gasteiger charge is 2.28. The molecule has 1 aliphatic rings. The third kappa shape index (κ3) is 5.13. The van der Waals surface area contributed by atoms with E-state index in [1.54, 1.807) is 6.07 Å². The molecule has 3 rings (SSSR count). The number of carbonyl (C=O) groups excluding carboxylic acids is 1. The molecule has 2 atom stereocenters. The van der Waals surface area contributed by atoms with E-state index in [0.29, 0.717) is 43.3 Å². The maximum atomic E-state index is 14.7. The van der Waals surface area contributed by atoms with Crippen LogP contribution in [0.3, 0.4) is 0 Å². The van der Waals surface area contributed by atoms with Crippen molar-refractivity contribution in [2.24, 2.45) is 17.6 Å². The Balaban J connectivity index is 1.65. The predicted octanol–water partition coefficient (Wildman–Crippen LogP) is 4.66. The average molecular weight is 432 g/mol. The summed E-state index contributed by atoms with van der Waals surface area (Å²) in [6, 6.07) is 12.5. The number of nitrogens with zero attached hydrogens (tertiary/aromatic N) is 2. The molecular weight excluding hydrogens is 401 g/mol. The van der Waals surface area contributed by atoms with E-state index in [1.165, 1.54) is 6.07 Å². The molecule has 0 aromatic heterocycles. The number of hydrogen-bond acceptors (Lipinski definition) is 3. The predicted molar refractivity (Wildman–Crippen MR) is 121 cm³/mol. The molecule has 1 heterocycles. The lowest BCUT2D eigenvalue weighted by atomic mass is 9.94. The van der Waals surface area contributed by atoms with Gasteiger partial charge < -0.3 is 15.5 Å². The molecule has 0 aliphatic carbocycles. The number of piperazine rings is 1. The Kier molecular flexibility index (Phi) is 7.37. The average Bonchev–Trinajstić information content (AvgIpc) is 2.74. The lowest BCUT2D eigenvalue weighted by Crippen LogP contribution is -2.51. The number of halogens is 2. The molecule has 0 spiro atoms. The fourth-order valence-electron chi connectivity index (χ4n) is 4.02. The Morgan fingerprint density at radius 2 is 1.70 bits per heavy atom.